The fourth-order valence-corrected chi connectivity index (χ4v) is 10.1. The fraction of sp³-hybridized carbons (Fsp3) is 0. The number of nitrogens with zero attached hydrogens (tertiary/aromatic N) is 1. The normalized spacial score (nSPS) is 11.6. The minimum atomic E-state index is 0.905. The van der Waals surface area contributed by atoms with Gasteiger partial charge in [0.05, 0.1) is 5.69 Å². The minimum absolute atomic E-state index is 0.905. The van der Waals surface area contributed by atoms with Crippen molar-refractivity contribution in [2.75, 3.05) is 4.90 Å². The minimum Gasteiger partial charge on any atom is -0.455 e. The second-order valence-electron chi connectivity index (χ2n) is 15.7. The average Bonchev–Trinajstić information content (AvgIpc) is 3.91. The molecule has 0 fully saturated rings. The Balaban J connectivity index is 0.946. The van der Waals surface area contributed by atoms with Crippen LogP contribution in [0, 0.1) is 0 Å². The molecule has 0 amide bonds. The van der Waals surface area contributed by atoms with E-state index in [9.17, 15) is 0 Å². The second-order valence-corrected chi connectivity index (χ2v) is 16.8. The zero-order chi connectivity index (χ0) is 40.3. The van der Waals surface area contributed by atoms with Crippen LogP contribution in [0.1, 0.15) is 0 Å². The first kappa shape index (κ1) is 35.2. The third-order valence-corrected chi connectivity index (χ3v) is 13.3. The number of rotatable bonds is 7. The molecule has 12 rings (SSSR count). The van der Waals surface area contributed by atoms with Gasteiger partial charge in [-0.25, -0.2) is 0 Å². The lowest BCUT2D eigenvalue weighted by Crippen LogP contribution is -2.11. The zero-order valence-corrected chi connectivity index (χ0v) is 33.9. The Morgan fingerprint density at radius 2 is 0.885 bits per heavy atom. The van der Waals surface area contributed by atoms with Gasteiger partial charge in [0.25, 0.3) is 0 Å². The first-order valence-electron chi connectivity index (χ1n) is 20.7. The molecule has 61 heavy (non-hydrogen) atoms. The van der Waals surface area contributed by atoms with Gasteiger partial charge in [-0.3, -0.25) is 0 Å². The third-order valence-electron chi connectivity index (χ3n) is 12.1. The van der Waals surface area contributed by atoms with E-state index < -0.39 is 0 Å². The van der Waals surface area contributed by atoms with Crippen LogP contribution in [0.15, 0.2) is 229 Å². The van der Waals surface area contributed by atoms with E-state index in [0.717, 1.165) is 50.1 Å². The summed E-state index contributed by atoms with van der Waals surface area (Å²) in [6, 6.07) is 81.2. The first-order valence-corrected chi connectivity index (χ1v) is 21.5. The number of anilines is 3. The third kappa shape index (κ3) is 6.18. The van der Waals surface area contributed by atoms with E-state index in [0.29, 0.717) is 0 Å². The Kier molecular flexibility index (Phi) is 8.39. The standard InChI is InChI=1S/C58H37NOS/c1-2-11-43-36-44(25-24-38(43)10-1)41-22-20-39(21-23-41)40-26-31-46(32-27-40)59(47-33-28-42(29-34-47)49-15-9-16-52-50-13-4-7-18-55(50)60-58(49)52)54-17-6-3-12-48(54)45-30-35-57-53(37-45)51-14-5-8-19-56(51)61-57/h1-37H. The van der Waals surface area contributed by atoms with Crippen LogP contribution in [-0.2, 0) is 0 Å². The largest absolute Gasteiger partial charge is 0.455 e. The van der Waals surface area contributed by atoms with Crippen LogP contribution in [0.4, 0.5) is 17.1 Å². The molecule has 12 aromatic rings. The van der Waals surface area contributed by atoms with Gasteiger partial charge >= 0.3 is 0 Å². The van der Waals surface area contributed by atoms with Crippen LogP contribution in [0.5, 0.6) is 0 Å². The van der Waals surface area contributed by atoms with Crippen LogP contribution in [0.3, 0.4) is 0 Å². The highest BCUT2D eigenvalue weighted by Gasteiger charge is 2.19. The predicted molar refractivity (Wildman–Crippen MR) is 261 cm³/mol. The summed E-state index contributed by atoms with van der Waals surface area (Å²) in [6.07, 6.45) is 0. The number of para-hydroxylation sites is 3. The summed E-state index contributed by atoms with van der Waals surface area (Å²) in [5, 5.41) is 7.37. The molecule has 3 heteroatoms. The summed E-state index contributed by atoms with van der Waals surface area (Å²) in [5.74, 6) is 0. The highest BCUT2D eigenvalue weighted by molar-refractivity contribution is 7.25. The van der Waals surface area contributed by atoms with Crippen LogP contribution < -0.4 is 4.90 Å². The van der Waals surface area contributed by atoms with Crippen molar-refractivity contribution in [2.24, 2.45) is 0 Å². The van der Waals surface area contributed by atoms with Crippen molar-refractivity contribution in [3.63, 3.8) is 0 Å². The molecule has 0 unspecified atom stereocenters. The summed E-state index contributed by atoms with van der Waals surface area (Å²) >= 11 is 1.85. The molecular weight excluding hydrogens is 759 g/mol. The number of hydrogen-bond acceptors (Lipinski definition) is 3. The van der Waals surface area contributed by atoms with Crippen molar-refractivity contribution in [3.05, 3.63) is 224 Å². The predicted octanol–water partition coefficient (Wildman–Crippen LogP) is 17.2. The zero-order valence-electron chi connectivity index (χ0n) is 33.1. The monoisotopic (exact) mass is 795 g/mol. The van der Waals surface area contributed by atoms with Crippen LogP contribution >= 0.6 is 11.3 Å². The summed E-state index contributed by atoms with van der Waals surface area (Å²) in [4.78, 5) is 2.39. The molecule has 2 aromatic heterocycles. The lowest BCUT2D eigenvalue weighted by atomic mass is 9.97. The fourth-order valence-electron chi connectivity index (χ4n) is 9.03. The molecule has 2 nitrogen and oxygen atoms in total. The molecule has 0 saturated heterocycles. The van der Waals surface area contributed by atoms with Gasteiger partial charge in [-0.2, -0.15) is 0 Å². The van der Waals surface area contributed by atoms with Crippen LogP contribution in [0.25, 0.3) is 97.4 Å². The van der Waals surface area contributed by atoms with Crippen molar-refractivity contribution >= 4 is 81.3 Å². The van der Waals surface area contributed by atoms with Gasteiger partial charge in [-0.05, 0) is 105 Å². The molecule has 0 N–H and O–H groups in total. The quantitative estimate of drug-likeness (QED) is 0.160. The smallest absolute Gasteiger partial charge is 0.143 e. The van der Waals surface area contributed by atoms with E-state index in [4.69, 9.17) is 4.42 Å². The maximum atomic E-state index is 6.45. The molecule has 0 saturated carbocycles. The maximum Gasteiger partial charge on any atom is 0.143 e. The van der Waals surface area contributed by atoms with E-state index >= 15 is 0 Å². The van der Waals surface area contributed by atoms with Gasteiger partial charge in [-0.1, -0.05) is 164 Å². The van der Waals surface area contributed by atoms with Crippen LogP contribution in [-0.4, -0.2) is 0 Å². The molecule has 0 atom stereocenters. The second kappa shape index (κ2) is 14.5. The first-order chi connectivity index (χ1) is 30.2. The number of benzene rings is 10. The van der Waals surface area contributed by atoms with E-state index in [1.807, 2.05) is 23.5 Å². The van der Waals surface area contributed by atoms with Crippen molar-refractivity contribution in [2.45, 2.75) is 0 Å². The Hall–Kier alpha value is -7.72. The number of hydrogen-bond donors (Lipinski definition) is 0. The van der Waals surface area contributed by atoms with E-state index in [1.165, 1.54) is 64.3 Å². The van der Waals surface area contributed by atoms with Crippen molar-refractivity contribution in [1.82, 2.24) is 0 Å². The van der Waals surface area contributed by atoms with Gasteiger partial charge < -0.3 is 9.32 Å². The molecule has 0 bridgehead atoms. The van der Waals surface area contributed by atoms with Crippen molar-refractivity contribution in [3.8, 4) is 44.5 Å². The molecule has 286 valence electrons. The SMILES string of the molecule is c1ccc(N(c2ccc(-c3ccc(-c4ccc5ccccc5c4)cc3)cc2)c2ccc(-c3cccc4c3oc3ccccc34)cc2)c(-c2ccc3sc4ccccc4c3c2)c1. The number of furan rings is 1. The summed E-state index contributed by atoms with van der Waals surface area (Å²) in [7, 11) is 0. The van der Waals surface area contributed by atoms with E-state index in [-0.39, 0.29) is 0 Å². The number of thiophene rings is 1. The van der Waals surface area contributed by atoms with Crippen LogP contribution in [0.2, 0.25) is 0 Å². The molecule has 0 aliphatic rings. The highest BCUT2D eigenvalue weighted by atomic mass is 32.1. The molecular formula is C58H37NOS. The lowest BCUT2D eigenvalue weighted by molar-refractivity contribution is 0.670. The Morgan fingerprint density at radius 3 is 1.69 bits per heavy atom. The summed E-state index contributed by atoms with van der Waals surface area (Å²) < 4.78 is 9.07. The lowest BCUT2D eigenvalue weighted by Gasteiger charge is -2.28. The Morgan fingerprint density at radius 1 is 0.328 bits per heavy atom. The van der Waals surface area contributed by atoms with Gasteiger partial charge in [0.15, 0.2) is 0 Å². The number of fused-ring (bicyclic) bond motifs is 7. The molecule has 0 spiro atoms. The molecule has 0 radical (unpaired) electrons. The van der Waals surface area contributed by atoms with Gasteiger partial charge in [0.2, 0.25) is 0 Å². The average molecular weight is 796 g/mol. The highest BCUT2D eigenvalue weighted by Crippen LogP contribution is 2.44. The molecule has 0 aliphatic carbocycles. The summed E-state index contributed by atoms with van der Waals surface area (Å²) in [5.41, 5.74) is 14.4. The maximum absolute atomic E-state index is 6.45. The van der Waals surface area contributed by atoms with Gasteiger partial charge in [0.1, 0.15) is 11.2 Å². The summed E-state index contributed by atoms with van der Waals surface area (Å²) in [6.45, 7) is 0. The molecule has 2 heterocycles. The van der Waals surface area contributed by atoms with E-state index in [1.54, 1.807) is 0 Å². The van der Waals surface area contributed by atoms with Crippen molar-refractivity contribution < 1.29 is 4.42 Å². The Labute approximate surface area is 357 Å². The topological polar surface area (TPSA) is 16.4 Å². The van der Waals surface area contributed by atoms with Gasteiger partial charge in [0, 0.05) is 53.4 Å². The molecule has 10 aromatic carbocycles. The van der Waals surface area contributed by atoms with E-state index in [2.05, 4.69) is 217 Å². The van der Waals surface area contributed by atoms with Gasteiger partial charge in [-0.15, -0.1) is 11.3 Å². The molecule has 0 aliphatic heterocycles. The van der Waals surface area contributed by atoms with Crippen molar-refractivity contribution in [1.29, 1.82) is 0 Å². The Bertz CT molecular complexity index is 3580.